The summed E-state index contributed by atoms with van der Waals surface area (Å²) in [6.07, 6.45) is 0. The van der Waals surface area contributed by atoms with E-state index in [0.717, 1.165) is 27.8 Å². The van der Waals surface area contributed by atoms with Crippen molar-refractivity contribution in [2.45, 2.75) is 18.4 Å². The molecule has 0 atom stereocenters. The summed E-state index contributed by atoms with van der Waals surface area (Å²) in [6.45, 7) is 3.70. The normalized spacial score (nSPS) is 15.9. The summed E-state index contributed by atoms with van der Waals surface area (Å²) < 4.78 is 31.2. The van der Waals surface area contributed by atoms with Gasteiger partial charge in [0.05, 0.1) is 16.2 Å². The summed E-state index contributed by atoms with van der Waals surface area (Å²) in [5.41, 5.74) is 8.34. The van der Waals surface area contributed by atoms with E-state index in [1.807, 2.05) is 48.2 Å². The van der Waals surface area contributed by atoms with Crippen molar-refractivity contribution in [1.82, 2.24) is 4.98 Å². The second kappa shape index (κ2) is 7.41. The highest BCUT2D eigenvalue weighted by atomic mass is 32.2. The van der Waals surface area contributed by atoms with Crippen LogP contribution in [-0.2, 0) is 16.4 Å². The number of aryl methyl sites for hydroxylation is 1. The van der Waals surface area contributed by atoms with Gasteiger partial charge in [-0.25, -0.2) is 13.4 Å². The molecule has 0 saturated heterocycles. The molecule has 7 heteroatoms. The number of hydrogen-bond acceptors (Lipinski definition) is 6. The summed E-state index contributed by atoms with van der Waals surface area (Å²) in [6, 6.07) is 15.1. The molecule has 6 nitrogen and oxygen atoms in total. The molecule has 3 aromatic rings. The smallest absolute Gasteiger partial charge is 0.180 e. The topological polar surface area (TPSA) is 85.5 Å². The minimum absolute atomic E-state index is 0.0522. The van der Waals surface area contributed by atoms with Gasteiger partial charge in [-0.3, -0.25) is 0 Å². The number of nitrogens with two attached hydrogens (primary N) is 1. The average Bonchev–Trinajstić information content (AvgIpc) is 2.82. The van der Waals surface area contributed by atoms with E-state index in [4.69, 9.17) is 15.5 Å². The molecule has 0 bridgehead atoms. The third-order valence-electron chi connectivity index (χ3n) is 4.91. The standard InChI is InChI=1S/C21H23N3O3S/c1-15-6-7-18-17(12-15)19(27-10-8-22)13-21(23-18)24-9-11-28(25,26)20-5-3-2-4-16(20)14-24/h2-7,12-13H,8-11,14,22H2,1H3. The van der Waals surface area contributed by atoms with Crippen LogP contribution in [0.4, 0.5) is 5.82 Å². The van der Waals surface area contributed by atoms with Gasteiger partial charge in [0.1, 0.15) is 18.2 Å². The number of fused-ring (bicyclic) bond motifs is 2. The van der Waals surface area contributed by atoms with E-state index >= 15 is 0 Å². The first-order chi connectivity index (χ1) is 13.5. The SMILES string of the molecule is Cc1ccc2nc(N3CCS(=O)(=O)c4ccccc4C3)cc(OCCN)c2c1. The van der Waals surface area contributed by atoms with Gasteiger partial charge in [0.15, 0.2) is 9.84 Å². The van der Waals surface area contributed by atoms with E-state index < -0.39 is 9.84 Å². The lowest BCUT2D eigenvalue weighted by Crippen LogP contribution is -2.26. The molecular formula is C21H23N3O3S. The van der Waals surface area contributed by atoms with Crippen molar-refractivity contribution >= 4 is 26.6 Å². The highest BCUT2D eigenvalue weighted by Gasteiger charge is 2.26. The largest absolute Gasteiger partial charge is 0.491 e. The van der Waals surface area contributed by atoms with Gasteiger partial charge in [-0.05, 0) is 30.7 Å². The molecular weight excluding hydrogens is 374 g/mol. The molecule has 0 saturated carbocycles. The molecule has 4 rings (SSSR count). The van der Waals surface area contributed by atoms with E-state index in [1.165, 1.54) is 0 Å². The summed E-state index contributed by atoms with van der Waals surface area (Å²) in [5.74, 6) is 1.47. The maximum atomic E-state index is 12.6. The number of hydrogen-bond donors (Lipinski definition) is 1. The molecule has 1 aliphatic heterocycles. The highest BCUT2D eigenvalue weighted by Crippen LogP contribution is 2.32. The van der Waals surface area contributed by atoms with Crippen molar-refractivity contribution in [3.05, 3.63) is 59.7 Å². The number of pyridine rings is 1. The molecule has 146 valence electrons. The zero-order valence-corrected chi connectivity index (χ0v) is 16.6. The fourth-order valence-corrected chi connectivity index (χ4v) is 5.00. The molecule has 0 radical (unpaired) electrons. The number of nitrogens with zero attached hydrogens (tertiary/aromatic N) is 2. The van der Waals surface area contributed by atoms with E-state index in [2.05, 4.69) is 0 Å². The van der Waals surface area contributed by atoms with Gasteiger partial charge in [0.25, 0.3) is 0 Å². The van der Waals surface area contributed by atoms with Crippen LogP contribution >= 0.6 is 0 Å². The van der Waals surface area contributed by atoms with E-state index in [9.17, 15) is 8.42 Å². The fourth-order valence-electron chi connectivity index (χ4n) is 3.50. The minimum Gasteiger partial charge on any atom is -0.491 e. The summed E-state index contributed by atoms with van der Waals surface area (Å²) in [7, 11) is -3.31. The molecule has 0 fully saturated rings. The predicted molar refractivity (Wildman–Crippen MR) is 111 cm³/mol. The Hall–Kier alpha value is -2.64. The van der Waals surface area contributed by atoms with Crippen molar-refractivity contribution < 1.29 is 13.2 Å². The highest BCUT2D eigenvalue weighted by molar-refractivity contribution is 7.91. The van der Waals surface area contributed by atoms with Crippen LogP contribution in [0.1, 0.15) is 11.1 Å². The lowest BCUT2D eigenvalue weighted by molar-refractivity contribution is 0.332. The lowest BCUT2D eigenvalue weighted by Gasteiger charge is -2.23. The second-order valence-corrected chi connectivity index (χ2v) is 9.06. The van der Waals surface area contributed by atoms with Crippen molar-refractivity contribution in [3.8, 4) is 5.75 Å². The Morgan fingerprint density at radius 3 is 2.82 bits per heavy atom. The van der Waals surface area contributed by atoms with Crippen LogP contribution in [0.2, 0.25) is 0 Å². The Morgan fingerprint density at radius 1 is 1.18 bits per heavy atom. The first-order valence-electron chi connectivity index (χ1n) is 9.28. The molecule has 0 unspecified atom stereocenters. The zero-order chi connectivity index (χ0) is 19.7. The minimum atomic E-state index is -3.31. The Labute approximate surface area is 164 Å². The number of benzene rings is 2. The third-order valence-corrected chi connectivity index (χ3v) is 6.70. The second-order valence-electron chi connectivity index (χ2n) is 6.98. The summed E-state index contributed by atoms with van der Waals surface area (Å²) >= 11 is 0. The predicted octanol–water partition coefficient (Wildman–Crippen LogP) is 2.67. The van der Waals surface area contributed by atoms with E-state index in [1.54, 1.807) is 12.1 Å². The molecule has 2 N–H and O–H groups in total. The van der Waals surface area contributed by atoms with Crippen LogP contribution in [0.25, 0.3) is 10.9 Å². The number of anilines is 1. The molecule has 28 heavy (non-hydrogen) atoms. The van der Waals surface area contributed by atoms with Gasteiger partial charge < -0.3 is 15.4 Å². The van der Waals surface area contributed by atoms with Crippen LogP contribution in [0.15, 0.2) is 53.4 Å². The molecule has 1 aromatic heterocycles. The summed E-state index contributed by atoms with van der Waals surface area (Å²) in [5, 5.41) is 0.931. The fraction of sp³-hybridized carbons (Fsp3) is 0.286. The Morgan fingerprint density at radius 2 is 2.00 bits per heavy atom. The van der Waals surface area contributed by atoms with Gasteiger partial charge in [-0.15, -0.1) is 0 Å². The first kappa shape index (κ1) is 18.7. The molecule has 0 spiro atoms. The number of rotatable bonds is 4. The van der Waals surface area contributed by atoms with Crippen LogP contribution < -0.4 is 15.4 Å². The number of sulfone groups is 1. The van der Waals surface area contributed by atoms with Gasteiger partial charge in [-0.2, -0.15) is 0 Å². The van der Waals surface area contributed by atoms with E-state index in [-0.39, 0.29) is 5.75 Å². The molecule has 0 amide bonds. The van der Waals surface area contributed by atoms with Crippen molar-refractivity contribution in [1.29, 1.82) is 0 Å². The van der Waals surface area contributed by atoms with Crippen molar-refractivity contribution in [3.63, 3.8) is 0 Å². The first-order valence-corrected chi connectivity index (χ1v) is 10.9. The van der Waals surface area contributed by atoms with Gasteiger partial charge in [-0.1, -0.05) is 29.8 Å². The third kappa shape index (κ3) is 3.55. The van der Waals surface area contributed by atoms with Crippen molar-refractivity contribution in [2.24, 2.45) is 5.73 Å². The van der Waals surface area contributed by atoms with Crippen molar-refractivity contribution in [2.75, 3.05) is 30.3 Å². The van der Waals surface area contributed by atoms with Gasteiger partial charge in [0, 0.05) is 31.1 Å². The summed E-state index contributed by atoms with van der Waals surface area (Å²) in [4.78, 5) is 7.20. The number of aromatic nitrogens is 1. The van der Waals surface area contributed by atoms with Crippen LogP contribution in [0, 0.1) is 6.92 Å². The molecule has 0 aliphatic carbocycles. The molecule has 2 heterocycles. The van der Waals surface area contributed by atoms with Crippen LogP contribution in [0.3, 0.4) is 0 Å². The molecule has 1 aliphatic rings. The Bertz CT molecular complexity index is 1130. The van der Waals surface area contributed by atoms with Crippen LogP contribution in [0.5, 0.6) is 5.75 Å². The average molecular weight is 398 g/mol. The number of ether oxygens (including phenoxy) is 1. The van der Waals surface area contributed by atoms with E-state index in [0.29, 0.717) is 37.0 Å². The van der Waals surface area contributed by atoms with Gasteiger partial charge >= 0.3 is 0 Å². The van der Waals surface area contributed by atoms with Crippen LogP contribution in [-0.4, -0.2) is 38.9 Å². The monoisotopic (exact) mass is 397 g/mol. The lowest BCUT2D eigenvalue weighted by atomic mass is 10.1. The Balaban J connectivity index is 1.80. The quantitative estimate of drug-likeness (QED) is 0.729. The maximum absolute atomic E-state index is 12.6. The van der Waals surface area contributed by atoms with Gasteiger partial charge in [0.2, 0.25) is 0 Å². The maximum Gasteiger partial charge on any atom is 0.180 e. The Kier molecular flexibility index (Phi) is 4.95. The molecule has 2 aromatic carbocycles. The zero-order valence-electron chi connectivity index (χ0n) is 15.8.